The van der Waals surface area contributed by atoms with E-state index >= 15 is 0 Å². The van der Waals surface area contributed by atoms with E-state index in [4.69, 9.17) is 0 Å². The molecular weight excluding hydrogens is 214 g/mol. The second kappa shape index (κ2) is 5.83. The van der Waals surface area contributed by atoms with E-state index in [-0.39, 0.29) is 6.04 Å². The van der Waals surface area contributed by atoms with Crippen LogP contribution in [-0.2, 0) is 4.79 Å². The topological polar surface area (TPSA) is 44.4 Å². The first-order valence-corrected chi connectivity index (χ1v) is 6.96. The standard InChI is InChI=1S/C13H25N3O/c1-3-4-11-5-6-16(9-11)13(17)12-8-14-10(2)7-15-12/h10-12,14-15H,3-9H2,1-2H3. The Morgan fingerprint density at radius 2 is 2.18 bits per heavy atom. The van der Waals surface area contributed by atoms with Crippen LogP contribution in [0.4, 0.5) is 0 Å². The van der Waals surface area contributed by atoms with E-state index < -0.39 is 0 Å². The van der Waals surface area contributed by atoms with Crippen molar-refractivity contribution >= 4 is 5.91 Å². The molecule has 0 aromatic heterocycles. The zero-order valence-electron chi connectivity index (χ0n) is 11.0. The Kier molecular flexibility index (Phi) is 4.40. The maximum Gasteiger partial charge on any atom is 0.241 e. The first-order valence-electron chi connectivity index (χ1n) is 6.96. The van der Waals surface area contributed by atoms with Crippen molar-refractivity contribution in [1.82, 2.24) is 15.5 Å². The summed E-state index contributed by atoms with van der Waals surface area (Å²) in [4.78, 5) is 14.3. The van der Waals surface area contributed by atoms with Gasteiger partial charge in [0.2, 0.25) is 5.91 Å². The number of hydrogen-bond donors (Lipinski definition) is 2. The minimum atomic E-state index is -0.00780. The summed E-state index contributed by atoms with van der Waals surface area (Å²) in [7, 11) is 0. The van der Waals surface area contributed by atoms with Gasteiger partial charge in [-0.15, -0.1) is 0 Å². The third-order valence-electron chi connectivity index (χ3n) is 3.93. The van der Waals surface area contributed by atoms with Crippen molar-refractivity contribution < 1.29 is 4.79 Å². The molecule has 0 bridgehead atoms. The number of likely N-dealkylation sites (tertiary alicyclic amines) is 1. The fourth-order valence-electron chi connectivity index (χ4n) is 2.85. The predicted molar refractivity (Wildman–Crippen MR) is 68.9 cm³/mol. The largest absolute Gasteiger partial charge is 0.341 e. The second-order valence-corrected chi connectivity index (χ2v) is 5.50. The van der Waals surface area contributed by atoms with Crippen LogP contribution in [-0.4, -0.2) is 49.1 Å². The Hall–Kier alpha value is -0.610. The molecule has 0 radical (unpaired) electrons. The Bertz CT molecular complexity index is 261. The minimum absolute atomic E-state index is 0.00780. The quantitative estimate of drug-likeness (QED) is 0.757. The highest BCUT2D eigenvalue weighted by Gasteiger charge is 2.31. The molecule has 4 heteroatoms. The van der Waals surface area contributed by atoms with E-state index in [1.165, 1.54) is 19.3 Å². The van der Waals surface area contributed by atoms with Crippen LogP contribution in [0.3, 0.4) is 0 Å². The summed E-state index contributed by atoms with van der Waals surface area (Å²) in [6.07, 6.45) is 3.68. The highest BCUT2D eigenvalue weighted by atomic mass is 16.2. The van der Waals surface area contributed by atoms with Crippen molar-refractivity contribution in [2.75, 3.05) is 26.2 Å². The molecular formula is C13H25N3O. The Morgan fingerprint density at radius 3 is 2.82 bits per heavy atom. The van der Waals surface area contributed by atoms with Gasteiger partial charge in [0, 0.05) is 32.2 Å². The maximum absolute atomic E-state index is 12.3. The third-order valence-corrected chi connectivity index (χ3v) is 3.93. The molecule has 0 saturated carbocycles. The molecule has 2 saturated heterocycles. The molecule has 2 aliphatic rings. The summed E-state index contributed by atoms with van der Waals surface area (Å²) in [5.41, 5.74) is 0. The summed E-state index contributed by atoms with van der Waals surface area (Å²) in [6, 6.07) is 0.469. The molecule has 1 amide bonds. The molecule has 2 heterocycles. The van der Waals surface area contributed by atoms with E-state index in [9.17, 15) is 4.79 Å². The van der Waals surface area contributed by atoms with E-state index in [1.54, 1.807) is 0 Å². The highest BCUT2D eigenvalue weighted by molar-refractivity contribution is 5.82. The summed E-state index contributed by atoms with van der Waals surface area (Å²) < 4.78 is 0. The van der Waals surface area contributed by atoms with E-state index in [1.807, 2.05) is 0 Å². The normalized spacial score (nSPS) is 34.0. The van der Waals surface area contributed by atoms with Gasteiger partial charge in [-0.3, -0.25) is 4.79 Å². The molecule has 98 valence electrons. The fourth-order valence-corrected chi connectivity index (χ4v) is 2.85. The molecule has 0 aromatic rings. The van der Waals surface area contributed by atoms with Crippen LogP contribution in [0.15, 0.2) is 0 Å². The van der Waals surface area contributed by atoms with Crippen LogP contribution in [0.5, 0.6) is 0 Å². The van der Waals surface area contributed by atoms with E-state index in [0.717, 1.165) is 32.1 Å². The zero-order chi connectivity index (χ0) is 12.3. The lowest BCUT2D eigenvalue weighted by atomic mass is 10.0. The number of carbonyl (C=O) groups excluding carboxylic acids is 1. The summed E-state index contributed by atoms with van der Waals surface area (Å²) in [5, 5.41) is 6.70. The molecule has 0 aliphatic carbocycles. The third kappa shape index (κ3) is 3.19. The van der Waals surface area contributed by atoms with Crippen molar-refractivity contribution in [3.05, 3.63) is 0 Å². The number of rotatable bonds is 3. The smallest absolute Gasteiger partial charge is 0.241 e. The van der Waals surface area contributed by atoms with Crippen molar-refractivity contribution in [1.29, 1.82) is 0 Å². The minimum Gasteiger partial charge on any atom is -0.341 e. The van der Waals surface area contributed by atoms with Crippen molar-refractivity contribution in [2.45, 2.75) is 45.2 Å². The summed E-state index contributed by atoms with van der Waals surface area (Å²) in [5.74, 6) is 1.03. The molecule has 0 spiro atoms. The number of nitrogens with zero attached hydrogens (tertiary/aromatic N) is 1. The van der Waals surface area contributed by atoms with Crippen LogP contribution in [0, 0.1) is 5.92 Å². The van der Waals surface area contributed by atoms with E-state index in [2.05, 4.69) is 29.4 Å². The lowest BCUT2D eigenvalue weighted by Gasteiger charge is -2.31. The highest BCUT2D eigenvalue weighted by Crippen LogP contribution is 2.21. The van der Waals surface area contributed by atoms with Gasteiger partial charge in [-0.2, -0.15) is 0 Å². The maximum atomic E-state index is 12.3. The van der Waals surface area contributed by atoms with Crippen LogP contribution >= 0.6 is 0 Å². The SMILES string of the molecule is CCCC1CCN(C(=O)C2CNC(C)CN2)C1. The van der Waals surface area contributed by atoms with E-state index in [0.29, 0.717) is 11.9 Å². The average molecular weight is 239 g/mol. The van der Waals surface area contributed by atoms with Gasteiger partial charge >= 0.3 is 0 Å². The molecule has 3 atom stereocenters. The van der Waals surface area contributed by atoms with Crippen molar-refractivity contribution in [3.8, 4) is 0 Å². The fraction of sp³-hybridized carbons (Fsp3) is 0.923. The van der Waals surface area contributed by atoms with Gasteiger partial charge in [0.05, 0.1) is 6.04 Å². The van der Waals surface area contributed by atoms with Gasteiger partial charge in [0.25, 0.3) is 0 Å². The molecule has 2 rings (SSSR count). The van der Waals surface area contributed by atoms with Crippen LogP contribution < -0.4 is 10.6 Å². The van der Waals surface area contributed by atoms with Crippen LogP contribution in [0.25, 0.3) is 0 Å². The molecule has 3 unspecified atom stereocenters. The first kappa shape index (κ1) is 12.8. The number of carbonyl (C=O) groups is 1. The lowest BCUT2D eigenvalue weighted by Crippen LogP contribution is -2.59. The monoisotopic (exact) mass is 239 g/mol. The Labute approximate surface area is 104 Å². The molecule has 2 aliphatic heterocycles. The molecule has 2 N–H and O–H groups in total. The zero-order valence-corrected chi connectivity index (χ0v) is 11.0. The summed E-state index contributed by atoms with van der Waals surface area (Å²) in [6.45, 7) is 7.95. The first-order chi connectivity index (χ1) is 8.20. The average Bonchev–Trinajstić information content (AvgIpc) is 2.78. The van der Waals surface area contributed by atoms with Crippen molar-refractivity contribution in [2.24, 2.45) is 5.92 Å². The summed E-state index contributed by atoms with van der Waals surface area (Å²) >= 11 is 0. The predicted octanol–water partition coefficient (Wildman–Crippen LogP) is 0.585. The van der Waals surface area contributed by atoms with Gasteiger partial charge in [0.1, 0.15) is 0 Å². The number of amides is 1. The van der Waals surface area contributed by atoms with Crippen LogP contribution in [0.2, 0.25) is 0 Å². The Balaban J connectivity index is 1.80. The number of piperazine rings is 1. The molecule has 4 nitrogen and oxygen atoms in total. The van der Waals surface area contributed by atoms with Gasteiger partial charge in [-0.05, 0) is 25.7 Å². The van der Waals surface area contributed by atoms with Gasteiger partial charge in [-0.25, -0.2) is 0 Å². The second-order valence-electron chi connectivity index (χ2n) is 5.50. The molecule has 2 fully saturated rings. The molecule has 0 aromatic carbocycles. The number of nitrogens with one attached hydrogen (secondary N) is 2. The number of hydrogen-bond acceptors (Lipinski definition) is 3. The Morgan fingerprint density at radius 1 is 1.35 bits per heavy atom. The van der Waals surface area contributed by atoms with Crippen molar-refractivity contribution in [3.63, 3.8) is 0 Å². The van der Waals surface area contributed by atoms with Gasteiger partial charge < -0.3 is 15.5 Å². The lowest BCUT2D eigenvalue weighted by molar-refractivity contribution is -0.132. The molecule has 17 heavy (non-hydrogen) atoms. The van der Waals surface area contributed by atoms with Gasteiger partial charge in [0.15, 0.2) is 0 Å². The van der Waals surface area contributed by atoms with Gasteiger partial charge in [-0.1, -0.05) is 13.3 Å². The van der Waals surface area contributed by atoms with Crippen LogP contribution in [0.1, 0.15) is 33.1 Å².